The topological polar surface area (TPSA) is 26.3 Å². The molecule has 0 fully saturated rings. The molecule has 0 rings (SSSR count). The summed E-state index contributed by atoms with van der Waals surface area (Å²) in [5.74, 6) is -0.900. The van der Waals surface area contributed by atoms with Crippen molar-refractivity contribution in [2.24, 2.45) is 0 Å². The van der Waals surface area contributed by atoms with E-state index >= 15 is 0 Å². The SMILES string of the molecule is O=C(OCl)C(Cl)C(Cl)C(Cl)C(Cl)Cl. The molecule has 0 saturated heterocycles. The highest BCUT2D eigenvalue weighted by Gasteiger charge is 2.34. The van der Waals surface area contributed by atoms with Crippen molar-refractivity contribution < 1.29 is 9.08 Å². The van der Waals surface area contributed by atoms with Crippen molar-refractivity contribution in [1.82, 2.24) is 0 Å². The highest BCUT2D eigenvalue weighted by molar-refractivity contribution is 6.50. The zero-order chi connectivity index (χ0) is 10.6. The highest BCUT2D eigenvalue weighted by Crippen LogP contribution is 2.26. The largest absolute Gasteiger partial charge is 0.346 e. The zero-order valence-electron chi connectivity index (χ0n) is 5.89. The van der Waals surface area contributed by atoms with E-state index < -0.39 is 26.9 Å². The van der Waals surface area contributed by atoms with E-state index in [2.05, 4.69) is 4.29 Å². The molecule has 0 aromatic heterocycles. The van der Waals surface area contributed by atoms with Gasteiger partial charge < -0.3 is 4.29 Å². The van der Waals surface area contributed by atoms with E-state index in [4.69, 9.17) is 69.9 Å². The molecule has 0 heterocycles. The standard InChI is InChI=1S/C5H4Cl6O2/c6-1(2(7)4(9)10)3(8)5(12)13-11/h1-4H. The zero-order valence-corrected chi connectivity index (χ0v) is 10.4. The van der Waals surface area contributed by atoms with Gasteiger partial charge in [-0.25, -0.2) is 4.79 Å². The van der Waals surface area contributed by atoms with Gasteiger partial charge in [-0.2, -0.15) is 0 Å². The molecule has 0 N–H and O–H groups in total. The second-order valence-electron chi connectivity index (χ2n) is 2.02. The number of rotatable bonds is 4. The summed E-state index contributed by atoms with van der Waals surface area (Å²) in [6.07, 6.45) is 0. The smallest absolute Gasteiger partial charge is 0.343 e. The van der Waals surface area contributed by atoms with E-state index in [1.54, 1.807) is 0 Å². The minimum atomic E-state index is -1.19. The summed E-state index contributed by atoms with van der Waals surface area (Å²) in [5.41, 5.74) is 0. The van der Waals surface area contributed by atoms with Crippen LogP contribution in [0.2, 0.25) is 0 Å². The Labute approximate surface area is 105 Å². The first-order valence-corrected chi connectivity index (χ1v) is 5.43. The molecule has 2 nitrogen and oxygen atoms in total. The fraction of sp³-hybridized carbons (Fsp3) is 0.800. The molecule has 0 aliphatic heterocycles. The Morgan fingerprint density at radius 3 is 1.77 bits per heavy atom. The van der Waals surface area contributed by atoms with Crippen LogP contribution in [0.25, 0.3) is 0 Å². The first-order valence-electron chi connectivity index (χ1n) is 2.94. The lowest BCUT2D eigenvalue weighted by atomic mass is 10.2. The van der Waals surface area contributed by atoms with E-state index in [1.807, 2.05) is 0 Å². The number of carbonyl (C=O) groups is 1. The fourth-order valence-corrected chi connectivity index (χ4v) is 1.75. The van der Waals surface area contributed by atoms with Gasteiger partial charge in [-0.1, -0.05) is 0 Å². The predicted octanol–water partition coefficient (Wildman–Crippen LogP) is 3.31. The van der Waals surface area contributed by atoms with Crippen LogP contribution in [0.4, 0.5) is 0 Å². The van der Waals surface area contributed by atoms with Gasteiger partial charge in [-0.05, 0) is 0 Å². The average Bonchev–Trinajstić information content (AvgIpc) is 2.12. The maximum absolute atomic E-state index is 10.8. The molecule has 0 bridgehead atoms. The van der Waals surface area contributed by atoms with Crippen molar-refractivity contribution in [1.29, 1.82) is 0 Å². The third-order valence-corrected chi connectivity index (χ3v) is 3.83. The van der Waals surface area contributed by atoms with Crippen LogP contribution in [-0.2, 0) is 9.08 Å². The summed E-state index contributed by atoms with van der Waals surface area (Å²) in [6, 6.07) is 0. The van der Waals surface area contributed by atoms with Crippen LogP contribution in [0.15, 0.2) is 0 Å². The van der Waals surface area contributed by atoms with Crippen molar-refractivity contribution >= 4 is 75.8 Å². The Kier molecular flexibility index (Phi) is 7.27. The van der Waals surface area contributed by atoms with Gasteiger partial charge in [0.2, 0.25) is 0 Å². The van der Waals surface area contributed by atoms with Gasteiger partial charge in [0.15, 0.2) is 5.38 Å². The van der Waals surface area contributed by atoms with E-state index in [1.165, 1.54) is 0 Å². The van der Waals surface area contributed by atoms with Crippen LogP contribution >= 0.6 is 69.9 Å². The van der Waals surface area contributed by atoms with E-state index in [0.29, 0.717) is 0 Å². The molecule has 0 amide bonds. The Hall–Kier alpha value is 1.21. The van der Waals surface area contributed by atoms with Crippen LogP contribution in [0.3, 0.4) is 0 Å². The second-order valence-corrected chi connectivity index (χ2v) is 4.82. The Morgan fingerprint density at radius 2 is 1.46 bits per heavy atom. The van der Waals surface area contributed by atoms with Crippen LogP contribution < -0.4 is 0 Å². The van der Waals surface area contributed by atoms with Gasteiger partial charge in [0.1, 0.15) is 16.7 Å². The Balaban J connectivity index is 4.24. The summed E-state index contributed by atoms with van der Waals surface area (Å²) in [4.78, 5) is 9.83. The third-order valence-electron chi connectivity index (χ3n) is 1.13. The minimum Gasteiger partial charge on any atom is -0.346 e. The maximum Gasteiger partial charge on any atom is 0.343 e. The Morgan fingerprint density at radius 1 is 1.00 bits per heavy atom. The predicted molar refractivity (Wildman–Crippen MR) is 56.4 cm³/mol. The summed E-state index contributed by atoms with van der Waals surface area (Å²) in [6.45, 7) is 0. The summed E-state index contributed by atoms with van der Waals surface area (Å²) >= 11 is 32.4. The van der Waals surface area contributed by atoms with E-state index in [9.17, 15) is 4.79 Å². The monoisotopic (exact) mass is 306 g/mol. The van der Waals surface area contributed by atoms with Crippen LogP contribution in [0.5, 0.6) is 0 Å². The molecule has 13 heavy (non-hydrogen) atoms. The van der Waals surface area contributed by atoms with Gasteiger partial charge in [0.25, 0.3) is 0 Å². The van der Waals surface area contributed by atoms with Gasteiger partial charge in [0, 0.05) is 0 Å². The fourth-order valence-electron chi connectivity index (χ4n) is 0.473. The summed E-state index contributed by atoms with van der Waals surface area (Å²) < 4.78 is 3.84. The van der Waals surface area contributed by atoms with Gasteiger partial charge in [-0.15, -0.1) is 58.0 Å². The molecular formula is C5H4Cl6O2. The average molecular weight is 309 g/mol. The Bertz CT molecular complexity index is 174. The first kappa shape index (κ1) is 14.2. The van der Waals surface area contributed by atoms with Crippen molar-refractivity contribution in [3.8, 4) is 0 Å². The second kappa shape index (κ2) is 6.65. The van der Waals surface area contributed by atoms with Gasteiger partial charge in [-0.3, -0.25) is 0 Å². The van der Waals surface area contributed by atoms with Crippen molar-refractivity contribution in [3.63, 3.8) is 0 Å². The lowest BCUT2D eigenvalue weighted by molar-refractivity contribution is -0.133. The number of halogens is 6. The first-order chi connectivity index (χ1) is 5.91. The minimum absolute atomic E-state index is 0.872. The summed E-state index contributed by atoms with van der Waals surface area (Å²) in [5, 5.41) is -3.03. The van der Waals surface area contributed by atoms with Crippen LogP contribution in [0.1, 0.15) is 0 Å². The molecule has 0 saturated carbocycles. The third kappa shape index (κ3) is 4.50. The normalized spacial score (nSPS) is 18.1. The quantitative estimate of drug-likeness (QED) is 0.745. The molecule has 3 atom stereocenters. The number of alkyl halides is 5. The molecule has 8 heteroatoms. The molecular weight excluding hydrogens is 305 g/mol. The lowest BCUT2D eigenvalue weighted by Gasteiger charge is -2.18. The molecule has 3 unspecified atom stereocenters. The summed E-state index contributed by atoms with van der Waals surface area (Å²) in [7, 11) is 0. The molecule has 0 spiro atoms. The van der Waals surface area contributed by atoms with E-state index in [-0.39, 0.29) is 0 Å². The van der Waals surface area contributed by atoms with Crippen molar-refractivity contribution in [2.45, 2.75) is 21.0 Å². The molecule has 0 radical (unpaired) electrons. The van der Waals surface area contributed by atoms with Crippen LogP contribution in [0, 0.1) is 0 Å². The number of hydrogen-bond acceptors (Lipinski definition) is 2. The number of hydrogen-bond donors (Lipinski definition) is 0. The van der Waals surface area contributed by atoms with Gasteiger partial charge in [0.05, 0.1) is 10.8 Å². The molecule has 78 valence electrons. The maximum atomic E-state index is 10.8. The van der Waals surface area contributed by atoms with Crippen LogP contribution in [-0.4, -0.2) is 26.9 Å². The van der Waals surface area contributed by atoms with Crippen molar-refractivity contribution in [2.75, 3.05) is 0 Å². The van der Waals surface area contributed by atoms with Gasteiger partial charge >= 0.3 is 5.97 Å². The van der Waals surface area contributed by atoms with E-state index in [0.717, 1.165) is 0 Å². The van der Waals surface area contributed by atoms with Crippen molar-refractivity contribution in [3.05, 3.63) is 0 Å². The number of carbonyl (C=O) groups excluding carboxylic acids is 1. The molecule has 0 aliphatic carbocycles. The molecule has 0 aromatic rings. The lowest BCUT2D eigenvalue weighted by Crippen LogP contribution is -2.35. The molecule has 0 aromatic carbocycles. The molecule has 0 aliphatic rings. The highest BCUT2D eigenvalue weighted by atomic mass is 35.5.